The van der Waals surface area contributed by atoms with Gasteiger partial charge in [0.2, 0.25) is 11.8 Å². The SMILES string of the molecule is COC[C@@H](C)n1c(=O)c(-c2cccc(F)c2Cl)cn(CC(=O)Nc2ccc3c(c2)CC(C(=O)Nc2ccccn2)C3)c1=O. The first-order chi connectivity index (χ1) is 20.7. The summed E-state index contributed by atoms with van der Waals surface area (Å²) in [5.41, 5.74) is 1.09. The first-order valence-corrected chi connectivity index (χ1v) is 14.0. The lowest BCUT2D eigenvalue weighted by molar-refractivity contribution is -0.119. The van der Waals surface area contributed by atoms with E-state index in [1.165, 1.54) is 25.4 Å². The van der Waals surface area contributed by atoms with Crippen LogP contribution in [0.5, 0.6) is 0 Å². The van der Waals surface area contributed by atoms with Crippen LogP contribution in [0, 0.1) is 11.7 Å². The number of benzene rings is 2. The van der Waals surface area contributed by atoms with Crippen molar-refractivity contribution >= 4 is 34.9 Å². The predicted octanol–water partition coefficient (Wildman–Crippen LogP) is 4.06. The lowest BCUT2D eigenvalue weighted by atomic mass is 10.1. The molecule has 1 unspecified atom stereocenters. The average Bonchev–Trinajstić information content (AvgIpc) is 3.41. The monoisotopic (exact) mass is 605 g/mol. The number of carbonyl (C=O) groups excluding carboxylic acids is 2. The number of nitrogens with one attached hydrogen (secondary N) is 2. The fraction of sp³-hybridized carbons (Fsp3) is 0.258. The van der Waals surface area contributed by atoms with Crippen LogP contribution in [-0.4, -0.2) is 39.6 Å². The summed E-state index contributed by atoms with van der Waals surface area (Å²) >= 11 is 6.17. The van der Waals surface area contributed by atoms with Crippen LogP contribution < -0.4 is 21.9 Å². The van der Waals surface area contributed by atoms with Crippen molar-refractivity contribution < 1.29 is 18.7 Å². The second kappa shape index (κ2) is 12.7. The van der Waals surface area contributed by atoms with Crippen LogP contribution in [0.25, 0.3) is 11.1 Å². The van der Waals surface area contributed by atoms with E-state index in [2.05, 4.69) is 15.6 Å². The van der Waals surface area contributed by atoms with Crippen molar-refractivity contribution in [2.24, 2.45) is 5.92 Å². The van der Waals surface area contributed by atoms with Gasteiger partial charge < -0.3 is 15.4 Å². The van der Waals surface area contributed by atoms with E-state index in [1.54, 1.807) is 37.4 Å². The van der Waals surface area contributed by atoms with Gasteiger partial charge in [0.1, 0.15) is 18.2 Å². The standard InChI is InChI=1S/C31H29ClFN5O5/c1-18(17-43-2)38-30(41)24(23-6-5-7-25(33)28(23)32)15-37(31(38)42)16-27(39)35-22-10-9-19-12-21(13-20(19)14-22)29(40)36-26-8-3-4-11-34-26/h3-11,14-15,18,21H,12-13,16-17H2,1-2H3,(H,35,39)(H,34,36,40)/t18-,21?/m1/s1. The van der Waals surface area contributed by atoms with Crippen molar-refractivity contribution in [2.75, 3.05) is 24.4 Å². The molecule has 0 bridgehead atoms. The molecule has 1 aliphatic carbocycles. The van der Waals surface area contributed by atoms with Crippen molar-refractivity contribution in [3.05, 3.63) is 110 Å². The molecule has 12 heteroatoms. The number of nitrogens with zero attached hydrogens (tertiary/aromatic N) is 3. The van der Waals surface area contributed by atoms with Crippen molar-refractivity contribution in [3.8, 4) is 11.1 Å². The Hall–Kier alpha value is -4.61. The number of carbonyl (C=O) groups is 2. The van der Waals surface area contributed by atoms with Crippen molar-refractivity contribution in [1.29, 1.82) is 0 Å². The van der Waals surface area contributed by atoms with Gasteiger partial charge in [-0.25, -0.2) is 14.2 Å². The molecule has 0 spiro atoms. The molecular formula is C31H29ClFN5O5. The maximum absolute atomic E-state index is 14.3. The summed E-state index contributed by atoms with van der Waals surface area (Å²) in [4.78, 5) is 56.8. The highest BCUT2D eigenvalue weighted by molar-refractivity contribution is 6.33. The minimum Gasteiger partial charge on any atom is -0.383 e. The molecule has 2 aromatic carbocycles. The Kier molecular flexibility index (Phi) is 8.84. The summed E-state index contributed by atoms with van der Waals surface area (Å²) in [5.74, 6) is -1.17. The van der Waals surface area contributed by atoms with Gasteiger partial charge in [-0.15, -0.1) is 0 Å². The number of pyridine rings is 1. The summed E-state index contributed by atoms with van der Waals surface area (Å²) in [5, 5.41) is 5.35. The Morgan fingerprint density at radius 1 is 1.07 bits per heavy atom. The third kappa shape index (κ3) is 6.42. The number of ether oxygens (including phenoxy) is 1. The van der Waals surface area contributed by atoms with Crippen molar-refractivity contribution in [2.45, 2.75) is 32.4 Å². The minimum absolute atomic E-state index is 0.0348. The van der Waals surface area contributed by atoms with Gasteiger partial charge >= 0.3 is 5.69 Å². The first-order valence-electron chi connectivity index (χ1n) is 13.6. The summed E-state index contributed by atoms with van der Waals surface area (Å²) in [6.07, 6.45) is 3.88. The molecule has 43 heavy (non-hydrogen) atoms. The number of halogens is 2. The number of fused-ring (bicyclic) bond motifs is 1. The molecule has 10 nitrogen and oxygen atoms in total. The van der Waals surface area contributed by atoms with E-state index in [-0.39, 0.29) is 34.6 Å². The van der Waals surface area contributed by atoms with Gasteiger partial charge in [0.25, 0.3) is 5.56 Å². The van der Waals surface area contributed by atoms with Gasteiger partial charge in [-0.05, 0) is 61.2 Å². The zero-order valence-electron chi connectivity index (χ0n) is 23.5. The van der Waals surface area contributed by atoms with Crippen LogP contribution in [0.15, 0.2) is 76.6 Å². The van der Waals surface area contributed by atoms with E-state index >= 15 is 0 Å². The van der Waals surface area contributed by atoms with E-state index in [0.29, 0.717) is 24.3 Å². The van der Waals surface area contributed by atoms with Crippen molar-refractivity contribution in [1.82, 2.24) is 14.1 Å². The van der Waals surface area contributed by atoms with E-state index in [0.717, 1.165) is 26.3 Å². The zero-order valence-corrected chi connectivity index (χ0v) is 24.2. The molecule has 0 fully saturated rings. The largest absolute Gasteiger partial charge is 0.383 e. The van der Waals surface area contributed by atoms with Crippen LogP contribution >= 0.6 is 11.6 Å². The van der Waals surface area contributed by atoms with Crippen LogP contribution in [0.3, 0.4) is 0 Å². The Bertz CT molecular complexity index is 1810. The van der Waals surface area contributed by atoms with Crippen molar-refractivity contribution in [3.63, 3.8) is 0 Å². The predicted molar refractivity (Wildman–Crippen MR) is 161 cm³/mol. The van der Waals surface area contributed by atoms with Crippen LogP contribution in [0.4, 0.5) is 15.9 Å². The Balaban J connectivity index is 1.36. The number of hydrogen-bond donors (Lipinski definition) is 2. The summed E-state index contributed by atoms with van der Waals surface area (Å²) < 4.78 is 21.5. The number of hydrogen-bond acceptors (Lipinski definition) is 6. The highest BCUT2D eigenvalue weighted by atomic mass is 35.5. The van der Waals surface area contributed by atoms with Gasteiger partial charge in [-0.1, -0.05) is 35.9 Å². The van der Waals surface area contributed by atoms with E-state index < -0.39 is 35.6 Å². The van der Waals surface area contributed by atoms with Crippen LogP contribution in [0.1, 0.15) is 24.1 Å². The molecule has 1 aliphatic rings. The summed E-state index contributed by atoms with van der Waals surface area (Å²) in [6.45, 7) is 1.25. The lowest BCUT2D eigenvalue weighted by Gasteiger charge is -2.18. The molecular weight excluding hydrogens is 577 g/mol. The first kappa shape index (κ1) is 29.9. The topological polar surface area (TPSA) is 124 Å². The molecule has 2 heterocycles. The van der Waals surface area contributed by atoms with Gasteiger partial charge in [0, 0.05) is 36.7 Å². The van der Waals surface area contributed by atoms with E-state index in [1.807, 2.05) is 12.1 Å². The van der Waals surface area contributed by atoms with Gasteiger partial charge in [-0.2, -0.15) is 0 Å². The molecule has 0 saturated heterocycles. The smallest absolute Gasteiger partial charge is 0.331 e. The molecule has 0 aliphatic heterocycles. The quantitative estimate of drug-likeness (QED) is 0.296. The Morgan fingerprint density at radius 3 is 2.60 bits per heavy atom. The van der Waals surface area contributed by atoms with Gasteiger partial charge in [0.15, 0.2) is 0 Å². The molecule has 0 radical (unpaired) electrons. The van der Waals surface area contributed by atoms with Gasteiger partial charge in [-0.3, -0.25) is 23.5 Å². The summed E-state index contributed by atoms with van der Waals surface area (Å²) in [7, 11) is 1.44. The maximum Gasteiger partial charge on any atom is 0.331 e. The third-order valence-electron chi connectivity index (χ3n) is 7.30. The third-order valence-corrected chi connectivity index (χ3v) is 7.68. The highest BCUT2D eigenvalue weighted by Gasteiger charge is 2.28. The van der Waals surface area contributed by atoms with E-state index in [9.17, 15) is 23.6 Å². The number of aromatic nitrogens is 3. The van der Waals surface area contributed by atoms with Crippen LogP contribution in [-0.2, 0) is 33.7 Å². The average molecular weight is 606 g/mol. The molecule has 2 amide bonds. The number of amides is 2. The Morgan fingerprint density at radius 2 is 1.86 bits per heavy atom. The van der Waals surface area contributed by atoms with Gasteiger partial charge in [0.05, 0.1) is 23.2 Å². The van der Waals surface area contributed by atoms with E-state index in [4.69, 9.17) is 16.3 Å². The highest BCUT2D eigenvalue weighted by Crippen LogP contribution is 2.30. The zero-order chi connectivity index (χ0) is 30.7. The molecule has 2 N–H and O–H groups in total. The lowest BCUT2D eigenvalue weighted by Crippen LogP contribution is -2.44. The normalized spacial score (nSPS) is 14.7. The molecule has 0 saturated carbocycles. The molecule has 4 aromatic rings. The Labute approximate surface area is 251 Å². The number of methoxy groups -OCH3 is 1. The fourth-order valence-electron chi connectivity index (χ4n) is 5.24. The fourth-order valence-corrected chi connectivity index (χ4v) is 5.46. The molecule has 2 atom stereocenters. The second-order valence-corrected chi connectivity index (χ2v) is 10.8. The molecule has 222 valence electrons. The minimum atomic E-state index is -0.725. The molecule has 5 rings (SSSR count). The molecule has 2 aromatic heterocycles. The maximum atomic E-state index is 14.3. The number of anilines is 2. The second-order valence-electron chi connectivity index (χ2n) is 10.4. The van der Waals surface area contributed by atoms with Crippen LogP contribution in [0.2, 0.25) is 5.02 Å². The number of rotatable bonds is 9. The summed E-state index contributed by atoms with van der Waals surface area (Å²) in [6, 6.07) is 14.0.